The monoisotopic (exact) mass is 934 g/mol. The smallest absolute Gasteiger partial charge is 0.322 e. The van der Waals surface area contributed by atoms with Crippen molar-refractivity contribution in [3.63, 3.8) is 0 Å². The van der Waals surface area contributed by atoms with Crippen molar-refractivity contribution < 1.29 is 77.2 Å². The Morgan fingerprint density at radius 3 is 1.71 bits per heavy atom. The molecule has 0 bridgehead atoms. The Bertz CT molecular complexity index is 2000. The molecular weight excluding hydrogens is 876 g/mol. The molecule has 0 aliphatic carbocycles. The third kappa shape index (κ3) is 17.5. The number of carboxylic acids is 3. The summed E-state index contributed by atoms with van der Waals surface area (Å²) in [6.07, 6.45) is -2.08. The van der Waals surface area contributed by atoms with Gasteiger partial charge in [0.1, 0.15) is 42.6 Å². The van der Waals surface area contributed by atoms with Crippen LogP contribution >= 0.6 is 0 Å². The van der Waals surface area contributed by atoms with E-state index >= 15 is 0 Å². The van der Waals surface area contributed by atoms with E-state index in [0.29, 0.717) is 0 Å². The second-order valence-corrected chi connectivity index (χ2v) is 16.3. The van der Waals surface area contributed by atoms with Crippen LogP contribution in [0.3, 0.4) is 0 Å². The SMILES string of the molecule is CCCC(NC(=O)C1CC(NC(=O)c2ccc(F)cc2)CN1C(=O)C(NC(=O)C(NC(=O)C(CCC(=O)O)NC(=O)C(CCC(=O)O)NC(C)=O)C(C)C)C(C)C)C(=O)C(=O)NCC(=O)O. The van der Waals surface area contributed by atoms with Crippen LogP contribution in [0.1, 0.15) is 96.8 Å². The molecule has 8 amide bonds. The molecule has 1 aliphatic heterocycles. The molecule has 0 saturated carbocycles. The third-order valence-electron chi connectivity index (χ3n) is 10.3. The molecule has 7 unspecified atom stereocenters. The highest BCUT2D eigenvalue weighted by Crippen LogP contribution is 2.23. The van der Waals surface area contributed by atoms with Crippen molar-refractivity contribution in [2.45, 2.75) is 129 Å². The fraction of sp³-hybridized carbons (Fsp3) is 0.571. The molecule has 1 fully saturated rings. The van der Waals surface area contributed by atoms with Crippen molar-refractivity contribution in [2.24, 2.45) is 11.8 Å². The summed E-state index contributed by atoms with van der Waals surface area (Å²) in [6, 6.07) is -5.19. The normalized spacial score (nSPS) is 16.7. The van der Waals surface area contributed by atoms with Gasteiger partial charge in [0.05, 0.1) is 6.04 Å². The summed E-state index contributed by atoms with van der Waals surface area (Å²) in [7, 11) is 0. The first-order valence-electron chi connectivity index (χ1n) is 21.2. The number of benzene rings is 1. The molecule has 1 aliphatic rings. The predicted octanol–water partition coefficient (Wildman–Crippen LogP) is -1.42. The fourth-order valence-electron chi connectivity index (χ4n) is 6.84. The van der Waals surface area contributed by atoms with Gasteiger partial charge in [-0.15, -0.1) is 0 Å². The van der Waals surface area contributed by atoms with Gasteiger partial charge >= 0.3 is 17.9 Å². The number of aliphatic carboxylic acids is 3. The van der Waals surface area contributed by atoms with Crippen molar-refractivity contribution >= 4 is 70.9 Å². The number of Topliss-reactive ketones (excluding diaryl/α,β-unsaturated/α-hetero) is 1. The van der Waals surface area contributed by atoms with E-state index in [2.05, 4.69) is 31.9 Å². The Hall–Kier alpha value is -7.01. The van der Waals surface area contributed by atoms with Crippen LogP contribution in [0, 0.1) is 17.7 Å². The highest BCUT2D eigenvalue weighted by molar-refractivity contribution is 6.38. The zero-order chi connectivity index (χ0) is 50.0. The summed E-state index contributed by atoms with van der Waals surface area (Å²) in [5.41, 5.74) is 0.0488. The molecule has 23 nitrogen and oxygen atoms in total. The van der Waals surface area contributed by atoms with Crippen molar-refractivity contribution in [1.29, 1.82) is 0 Å². The van der Waals surface area contributed by atoms with Crippen molar-refractivity contribution in [1.82, 2.24) is 42.1 Å². The van der Waals surface area contributed by atoms with Gasteiger partial charge in [-0.3, -0.25) is 57.5 Å². The molecule has 66 heavy (non-hydrogen) atoms. The molecule has 1 heterocycles. The average molecular weight is 935 g/mol. The Morgan fingerprint density at radius 2 is 1.21 bits per heavy atom. The maximum Gasteiger partial charge on any atom is 0.322 e. The average Bonchev–Trinajstić information content (AvgIpc) is 3.66. The van der Waals surface area contributed by atoms with E-state index in [0.717, 1.165) is 24.0 Å². The van der Waals surface area contributed by atoms with Gasteiger partial charge < -0.3 is 57.4 Å². The van der Waals surface area contributed by atoms with E-state index in [4.69, 9.17) is 10.2 Å². The molecule has 1 aromatic rings. The molecule has 10 N–H and O–H groups in total. The number of likely N-dealkylation sites (tertiary alicyclic amines) is 1. The minimum absolute atomic E-state index is 0.0488. The molecule has 1 aromatic carbocycles. The van der Waals surface area contributed by atoms with Gasteiger partial charge in [0.25, 0.3) is 11.8 Å². The molecule has 0 aromatic heterocycles. The number of carboxylic acid groups (broad SMARTS) is 3. The summed E-state index contributed by atoms with van der Waals surface area (Å²) in [6.45, 7) is 7.71. The van der Waals surface area contributed by atoms with E-state index in [-0.39, 0.29) is 37.8 Å². The predicted molar refractivity (Wildman–Crippen MR) is 227 cm³/mol. The number of carbonyl (C=O) groups is 12. The highest BCUT2D eigenvalue weighted by atomic mass is 19.1. The minimum atomic E-state index is -1.61. The maximum absolute atomic E-state index is 14.5. The Kier molecular flexibility index (Phi) is 21.8. The number of rotatable bonds is 26. The van der Waals surface area contributed by atoms with Gasteiger partial charge in [-0.05, 0) is 61.8 Å². The van der Waals surface area contributed by atoms with E-state index in [1.165, 1.54) is 26.0 Å². The number of hydrogen-bond acceptors (Lipinski definition) is 12. The van der Waals surface area contributed by atoms with E-state index < -0.39 is 157 Å². The van der Waals surface area contributed by atoms with Crippen LogP contribution < -0.4 is 37.2 Å². The number of nitrogens with one attached hydrogen (secondary N) is 7. The lowest BCUT2D eigenvalue weighted by Gasteiger charge is -2.33. The quantitative estimate of drug-likeness (QED) is 0.0477. The number of halogens is 1. The Labute approximate surface area is 379 Å². The topological polar surface area (TPSA) is 353 Å². The second-order valence-electron chi connectivity index (χ2n) is 16.3. The lowest BCUT2D eigenvalue weighted by molar-refractivity contribution is -0.145. The lowest BCUT2D eigenvalue weighted by Crippen LogP contribution is -2.61. The van der Waals surface area contributed by atoms with Gasteiger partial charge in [0.2, 0.25) is 41.2 Å². The van der Waals surface area contributed by atoms with Gasteiger partial charge in [0, 0.05) is 37.9 Å². The number of carbonyl (C=O) groups excluding carboxylic acids is 9. The number of amides is 8. The van der Waals surface area contributed by atoms with E-state index in [9.17, 15) is 67.0 Å². The molecule has 0 spiro atoms. The molecule has 24 heteroatoms. The molecule has 364 valence electrons. The van der Waals surface area contributed by atoms with Crippen LogP contribution in [0.25, 0.3) is 0 Å². The van der Waals surface area contributed by atoms with Crippen LogP contribution in [0.4, 0.5) is 4.39 Å². The van der Waals surface area contributed by atoms with Crippen LogP contribution in [0.5, 0.6) is 0 Å². The second kappa shape index (κ2) is 26.1. The lowest BCUT2D eigenvalue weighted by atomic mass is 9.98. The minimum Gasteiger partial charge on any atom is -0.481 e. The number of nitrogens with zero attached hydrogens (tertiary/aromatic N) is 1. The molecular formula is C42H59FN8O15. The van der Waals surface area contributed by atoms with E-state index in [1.54, 1.807) is 20.8 Å². The van der Waals surface area contributed by atoms with Gasteiger partial charge in [0.15, 0.2) is 0 Å². The Balaban J connectivity index is 2.46. The van der Waals surface area contributed by atoms with Gasteiger partial charge in [-0.1, -0.05) is 41.0 Å². The van der Waals surface area contributed by atoms with Crippen molar-refractivity contribution in [3.05, 3.63) is 35.6 Å². The van der Waals surface area contributed by atoms with Crippen molar-refractivity contribution in [2.75, 3.05) is 13.1 Å². The third-order valence-corrected chi connectivity index (χ3v) is 10.3. The summed E-state index contributed by atoms with van der Waals surface area (Å²) >= 11 is 0. The fourth-order valence-corrected chi connectivity index (χ4v) is 6.84. The van der Waals surface area contributed by atoms with Crippen LogP contribution in [0.15, 0.2) is 24.3 Å². The Morgan fingerprint density at radius 1 is 0.682 bits per heavy atom. The van der Waals surface area contributed by atoms with E-state index in [1.807, 2.05) is 5.32 Å². The standard InChI is InChI=1S/C42H59FN8O15/c1-7-8-26(35(59)41(65)44-18-32(57)58)47-39(63)29-17-25(46-36(60)23-9-11-24(43)12-10-23)19-51(29)42(66)34(21(4)5)50-40(64)33(20(2)3)49-38(62)28(14-16-31(55)56)48-37(61)27(45-22(6)52)13-15-30(53)54/h9-12,20-21,25-29,33-34H,7-8,13-19H2,1-6H3,(H,44,65)(H,45,52)(H,46,60)(H,47,63)(H,48,61)(H,49,62)(H,50,64)(H,53,54)(H,55,56)(H,57,58). The summed E-state index contributed by atoms with van der Waals surface area (Å²) in [4.78, 5) is 155. The van der Waals surface area contributed by atoms with Crippen LogP contribution in [0.2, 0.25) is 0 Å². The summed E-state index contributed by atoms with van der Waals surface area (Å²) < 4.78 is 13.6. The van der Waals surface area contributed by atoms with Crippen molar-refractivity contribution in [3.8, 4) is 0 Å². The summed E-state index contributed by atoms with van der Waals surface area (Å²) in [5.74, 6) is -14.7. The summed E-state index contributed by atoms with van der Waals surface area (Å²) in [5, 5.41) is 44.2. The largest absolute Gasteiger partial charge is 0.481 e. The zero-order valence-corrected chi connectivity index (χ0v) is 37.4. The van der Waals surface area contributed by atoms with Crippen LogP contribution in [-0.4, -0.2) is 147 Å². The molecule has 7 atom stereocenters. The molecule has 2 rings (SSSR count). The first-order valence-corrected chi connectivity index (χ1v) is 21.2. The first kappa shape index (κ1) is 55.1. The number of hydrogen-bond donors (Lipinski definition) is 10. The first-order chi connectivity index (χ1) is 30.9. The molecule has 0 radical (unpaired) electrons. The molecule has 1 saturated heterocycles. The zero-order valence-electron chi connectivity index (χ0n) is 37.4. The van der Waals surface area contributed by atoms with Crippen LogP contribution in [-0.2, 0) is 52.7 Å². The maximum atomic E-state index is 14.5. The number of ketones is 1. The van der Waals surface area contributed by atoms with Gasteiger partial charge in [-0.2, -0.15) is 0 Å². The van der Waals surface area contributed by atoms with Gasteiger partial charge in [-0.25, -0.2) is 4.39 Å². The highest BCUT2D eigenvalue weighted by Gasteiger charge is 2.45.